The van der Waals surface area contributed by atoms with Gasteiger partial charge in [-0.1, -0.05) is 32.0 Å². The summed E-state index contributed by atoms with van der Waals surface area (Å²) in [6.07, 6.45) is -0.552. The molecule has 0 spiro atoms. The minimum absolute atomic E-state index is 0. The smallest absolute Gasteiger partial charge is 0.323 e. The maximum Gasteiger partial charge on any atom is 0.323 e. The molecule has 3 atom stereocenters. The van der Waals surface area contributed by atoms with E-state index in [1.807, 2.05) is 51.1 Å². The normalized spacial score (nSPS) is 14.9. The molecule has 0 aromatic heterocycles. The van der Waals surface area contributed by atoms with E-state index in [1.54, 1.807) is 6.92 Å². The summed E-state index contributed by atoms with van der Waals surface area (Å²) in [5, 5.41) is 0. The Morgan fingerprint density at radius 2 is 1.65 bits per heavy atom. The lowest BCUT2D eigenvalue weighted by Gasteiger charge is -2.28. The Morgan fingerprint density at radius 1 is 1.10 bits per heavy atom. The van der Waals surface area contributed by atoms with Crippen molar-refractivity contribution in [2.45, 2.75) is 45.9 Å². The van der Waals surface area contributed by atoms with Gasteiger partial charge in [-0.2, -0.15) is 0 Å². The Labute approximate surface area is 127 Å². The number of carbonyl (C=O) groups is 1. The van der Waals surface area contributed by atoms with Crippen molar-refractivity contribution in [1.82, 2.24) is 0 Å². The standard InChI is InChI=1S/C15H23NO3.ClH/c1-10(2)14(12(4)18-15(17)11(3)16)19-13-8-6-5-7-9-13;/h5-12,14H,16H2,1-4H3;1H/t11-,12-,14-;/m0./s1. The fourth-order valence-corrected chi connectivity index (χ4v) is 1.79. The van der Waals surface area contributed by atoms with E-state index in [0.717, 1.165) is 5.75 Å². The van der Waals surface area contributed by atoms with Crippen molar-refractivity contribution < 1.29 is 14.3 Å². The summed E-state index contributed by atoms with van der Waals surface area (Å²) in [6, 6.07) is 8.89. The second-order valence-electron chi connectivity index (χ2n) is 5.07. The van der Waals surface area contributed by atoms with Crippen molar-refractivity contribution in [1.29, 1.82) is 0 Å². The van der Waals surface area contributed by atoms with Gasteiger partial charge in [0.1, 0.15) is 24.0 Å². The van der Waals surface area contributed by atoms with E-state index in [-0.39, 0.29) is 30.5 Å². The summed E-state index contributed by atoms with van der Waals surface area (Å²) >= 11 is 0. The van der Waals surface area contributed by atoms with E-state index in [0.29, 0.717) is 0 Å². The molecule has 0 saturated heterocycles. The molecule has 1 rings (SSSR count). The van der Waals surface area contributed by atoms with Gasteiger partial charge in [0.15, 0.2) is 0 Å². The van der Waals surface area contributed by atoms with Gasteiger partial charge < -0.3 is 15.2 Å². The molecule has 0 saturated carbocycles. The molecule has 0 aliphatic rings. The van der Waals surface area contributed by atoms with Crippen LogP contribution in [0.5, 0.6) is 5.75 Å². The van der Waals surface area contributed by atoms with Crippen LogP contribution in [0.4, 0.5) is 0 Å². The second-order valence-corrected chi connectivity index (χ2v) is 5.07. The number of rotatable bonds is 6. The number of benzene rings is 1. The summed E-state index contributed by atoms with van der Waals surface area (Å²) in [7, 11) is 0. The predicted octanol–water partition coefficient (Wildman–Crippen LogP) is 2.79. The molecule has 0 radical (unpaired) electrons. The van der Waals surface area contributed by atoms with Crippen molar-refractivity contribution in [2.24, 2.45) is 11.7 Å². The van der Waals surface area contributed by atoms with Gasteiger partial charge in [-0.05, 0) is 31.9 Å². The molecule has 20 heavy (non-hydrogen) atoms. The Morgan fingerprint density at radius 3 is 2.10 bits per heavy atom. The quantitative estimate of drug-likeness (QED) is 0.821. The molecule has 0 aliphatic carbocycles. The number of para-hydroxylation sites is 1. The van der Waals surface area contributed by atoms with Gasteiger partial charge in [0.2, 0.25) is 0 Å². The van der Waals surface area contributed by atoms with E-state index in [9.17, 15) is 4.79 Å². The minimum Gasteiger partial charge on any atom is -0.486 e. The summed E-state index contributed by atoms with van der Waals surface area (Å²) in [4.78, 5) is 11.5. The number of nitrogens with two attached hydrogens (primary N) is 1. The van der Waals surface area contributed by atoms with Crippen LogP contribution in [0.15, 0.2) is 30.3 Å². The lowest BCUT2D eigenvalue weighted by Crippen LogP contribution is -2.41. The molecule has 0 aliphatic heterocycles. The summed E-state index contributed by atoms with van der Waals surface area (Å²) in [5.41, 5.74) is 5.50. The largest absolute Gasteiger partial charge is 0.486 e. The summed E-state index contributed by atoms with van der Waals surface area (Å²) in [5.74, 6) is 0.579. The fraction of sp³-hybridized carbons (Fsp3) is 0.533. The number of ether oxygens (including phenoxy) is 2. The Bertz CT molecular complexity index is 395. The highest BCUT2D eigenvalue weighted by Gasteiger charge is 2.27. The first-order valence-electron chi connectivity index (χ1n) is 6.59. The van der Waals surface area contributed by atoms with E-state index >= 15 is 0 Å². The molecule has 0 bridgehead atoms. The second kappa shape index (κ2) is 8.82. The molecule has 0 amide bonds. The van der Waals surface area contributed by atoms with E-state index in [2.05, 4.69) is 0 Å². The maximum atomic E-state index is 11.5. The maximum absolute atomic E-state index is 11.5. The number of esters is 1. The van der Waals surface area contributed by atoms with Crippen molar-refractivity contribution >= 4 is 18.4 Å². The molecular formula is C15H24ClNO3. The number of carbonyl (C=O) groups excluding carboxylic acids is 1. The number of halogens is 1. The van der Waals surface area contributed by atoms with Gasteiger partial charge in [-0.3, -0.25) is 4.79 Å². The highest BCUT2D eigenvalue weighted by Crippen LogP contribution is 2.19. The van der Waals surface area contributed by atoms with Crippen molar-refractivity contribution in [3.63, 3.8) is 0 Å². The zero-order valence-corrected chi connectivity index (χ0v) is 13.2. The average Bonchev–Trinajstić information content (AvgIpc) is 2.36. The molecule has 1 aromatic carbocycles. The minimum atomic E-state index is -0.619. The van der Waals surface area contributed by atoms with Gasteiger partial charge >= 0.3 is 5.97 Å². The third-order valence-corrected chi connectivity index (χ3v) is 2.81. The van der Waals surface area contributed by atoms with Crippen LogP contribution >= 0.6 is 12.4 Å². The van der Waals surface area contributed by atoms with Crippen LogP contribution in [0.1, 0.15) is 27.7 Å². The van der Waals surface area contributed by atoms with Crippen LogP contribution in [0, 0.1) is 5.92 Å². The average molecular weight is 302 g/mol. The van der Waals surface area contributed by atoms with Crippen LogP contribution in [-0.2, 0) is 9.53 Å². The van der Waals surface area contributed by atoms with Gasteiger partial charge in [0.05, 0.1) is 0 Å². The predicted molar refractivity (Wildman–Crippen MR) is 82.1 cm³/mol. The molecule has 114 valence electrons. The van der Waals surface area contributed by atoms with Gasteiger partial charge in [-0.15, -0.1) is 12.4 Å². The van der Waals surface area contributed by atoms with Gasteiger partial charge in [0, 0.05) is 0 Å². The zero-order chi connectivity index (χ0) is 14.4. The van der Waals surface area contributed by atoms with Crippen molar-refractivity contribution in [3.8, 4) is 5.75 Å². The molecule has 2 N–H and O–H groups in total. The first kappa shape index (κ1) is 18.7. The fourth-order valence-electron chi connectivity index (χ4n) is 1.79. The monoisotopic (exact) mass is 301 g/mol. The topological polar surface area (TPSA) is 61.5 Å². The van der Waals surface area contributed by atoms with Crippen molar-refractivity contribution in [3.05, 3.63) is 30.3 Å². The summed E-state index contributed by atoms with van der Waals surface area (Å²) < 4.78 is 11.2. The Hall–Kier alpha value is -1.26. The molecular weight excluding hydrogens is 278 g/mol. The third kappa shape index (κ3) is 5.80. The highest BCUT2D eigenvalue weighted by molar-refractivity contribution is 5.85. The molecule has 0 fully saturated rings. The van der Waals surface area contributed by atoms with Crippen LogP contribution < -0.4 is 10.5 Å². The Kier molecular flexibility index (Phi) is 8.26. The van der Waals surface area contributed by atoms with Crippen LogP contribution in [-0.4, -0.2) is 24.2 Å². The van der Waals surface area contributed by atoms with E-state index in [1.165, 1.54) is 0 Å². The molecule has 5 heteroatoms. The van der Waals surface area contributed by atoms with Gasteiger partial charge in [0.25, 0.3) is 0 Å². The number of hydrogen-bond donors (Lipinski definition) is 1. The summed E-state index contributed by atoms with van der Waals surface area (Å²) in [6.45, 7) is 7.50. The first-order chi connectivity index (χ1) is 8.91. The third-order valence-electron chi connectivity index (χ3n) is 2.81. The van der Waals surface area contributed by atoms with Crippen LogP contribution in [0.3, 0.4) is 0 Å². The molecule has 4 nitrogen and oxygen atoms in total. The first-order valence-corrected chi connectivity index (χ1v) is 6.59. The van der Waals surface area contributed by atoms with Crippen LogP contribution in [0.2, 0.25) is 0 Å². The zero-order valence-electron chi connectivity index (χ0n) is 12.4. The lowest BCUT2D eigenvalue weighted by molar-refractivity contribution is -0.155. The van der Waals surface area contributed by atoms with Crippen LogP contribution in [0.25, 0.3) is 0 Å². The van der Waals surface area contributed by atoms with Crippen molar-refractivity contribution in [2.75, 3.05) is 0 Å². The molecule has 0 heterocycles. The van der Waals surface area contributed by atoms with E-state index in [4.69, 9.17) is 15.2 Å². The lowest BCUT2D eigenvalue weighted by atomic mass is 10.0. The highest BCUT2D eigenvalue weighted by atomic mass is 35.5. The Balaban J connectivity index is 0.00000361. The SMILES string of the molecule is CC(C)[C@H](Oc1ccccc1)[C@H](C)OC(=O)[C@H](C)N.Cl. The molecule has 0 unspecified atom stereocenters. The van der Waals surface area contributed by atoms with E-state index < -0.39 is 12.0 Å². The molecule has 1 aromatic rings. The number of hydrogen-bond acceptors (Lipinski definition) is 4. The van der Waals surface area contributed by atoms with Gasteiger partial charge in [-0.25, -0.2) is 0 Å².